The summed E-state index contributed by atoms with van der Waals surface area (Å²) >= 11 is 0. The lowest BCUT2D eigenvalue weighted by Crippen LogP contribution is -2.46. The summed E-state index contributed by atoms with van der Waals surface area (Å²) in [5.41, 5.74) is 8.23. The second-order valence-corrected chi connectivity index (χ2v) is 10.6. The first-order valence-electron chi connectivity index (χ1n) is 12.9. The van der Waals surface area contributed by atoms with E-state index in [2.05, 4.69) is 110 Å². The second-order valence-electron chi connectivity index (χ2n) is 10.6. The van der Waals surface area contributed by atoms with Crippen molar-refractivity contribution in [3.63, 3.8) is 0 Å². The highest BCUT2D eigenvalue weighted by Gasteiger charge is 2.64. The van der Waals surface area contributed by atoms with Gasteiger partial charge in [-0.2, -0.15) is 5.10 Å². The van der Waals surface area contributed by atoms with Crippen molar-refractivity contribution in [1.29, 1.82) is 0 Å². The topological polar surface area (TPSA) is 36.3 Å². The third-order valence-electron chi connectivity index (χ3n) is 8.46. The fraction of sp³-hybridized carbons (Fsp3) is 0.281. The Balaban J connectivity index is 1.29. The molecule has 0 radical (unpaired) electrons. The summed E-state index contributed by atoms with van der Waals surface area (Å²) in [6.45, 7) is 4.44. The van der Waals surface area contributed by atoms with Crippen molar-refractivity contribution in [2.45, 2.75) is 51.1 Å². The maximum atomic E-state index is 7.06. The van der Waals surface area contributed by atoms with Crippen molar-refractivity contribution in [2.75, 3.05) is 0 Å². The molecule has 3 aromatic carbocycles. The van der Waals surface area contributed by atoms with Crippen LogP contribution in [0.4, 0.5) is 0 Å². The fourth-order valence-corrected chi connectivity index (χ4v) is 6.41. The van der Waals surface area contributed by atoms with Crippen molar-refractivity contribution in [3.05, 3.63) is 125 Å². The molecule has 1 aromatic heterocycles. The molecule has 2 fully saturated rings. The Labute approximate surface area is 212 Å². The molecule has 2 heterocycles. The maximum Gasteiger partial charge on any atom is 0.179 e. The van der Waals surface area contributed by atoms with Crippen LogP contribution in [0.15, 0.2) is 96.7 Å². The lowest BCUT2D eigenvalue weighted by Gasteiger charge is -2.42. The van der Waals surface area contributed by atoms with Gasteiger partial charge in [-0.3, -0.25) is 0 Å². The van der Waals surface area contributed by atoms with E-state index in [-0.39, 0.29) is 17.6 Å². The Bertz CT molecular complexity index is 1390. The van der Waals surface area contributed by atoms with E-state index in [1.54, 1.807) is 0 Å². The highest BCUT2D eigenvalue weighted by atomic mass is 16.8. The van der Waals surface area contributed by atoms with Crippen LogP contribution in [0.25, 0.3) is 11.8 Å². The monoisotopic (exact) mass is 474 g/mol. The summed E-state index contributed by atoms with van der Waals surface area (Å²) < 4.78 is 16.2. The minimum atomic E-state index is -0.677. The summed E-state index contributed by atoms with van der Waals surface area (Å²) in [5.74, 6) is -0.677. The third-order valence-corrected chi connectivity index (χ3v) is 8.46. The summed E-state index contributed by atoms with van der Waals surface area (Å²) in [4.78, 5) is 0. The average molecular weight is 475 g/mol. The van der Waals surface area contributed by atoms with Crippen LogP contribution in [0.3, 0.4) is 0 Å². The SMILES string of the molecule is Cc1ccc(-n2ncc3c2C=C2CCC4(O[C@H](c5ccccc5)[C@@H](c5ccccc5)O4)[C@@]2(C)C3)cc1. The zero-order chi connectivity index (χ0) is 24.3. The summed E-state index contributed by atoms with van der Waals surface area (Å²) in [7, 11) is 0. The number of benzene rings is 3. The van der Waals surface area contributed by atoms with Gasteiger partial charge in [-0.1, -0.05) is 90.9 Å². The number of hydrogen-bond donors (Lipinski definition) is 0. The van der Waals surface area contributed by atoms with Gasteiger partial charge < -0.3 is 9.47 Å². The normalized spacial score (nSPS) is 26.0. The number of ether oxygens (including phenoxy) is 2. The van der Waals surface area contributed by atoms with E-state index in [1.165, 1.54) is 22.4 Å². The van der Waals surface area contributed by atoms with Crippen molar-refractivity contribution >= 4 is 6.08 Å². The molecule has 4 heteroatoms. The lowest BCUT2D eigenvalue weighted by molar-refractivity contribution is -0.225. The smallest absolute Gasteiger partial charge is 0.179 e. The molecule has 7 rings (SSSR count). The molecule has 2 aliphatic carbocycles. The van der Waals surface area contributed by atoms with Crippen LogP contribution in [-0.2, 0) is 15.9 Å². The van der Waals surface area contributed by atoms with E-state index in [1.807, 2.05) is 6.20 Å². The van der Waals surface area contributed by atoms with Gasteiger partial charge >= 0.3 is 0 Å². The predicted molar refractivity (Wildman–Crippen MR) is 141 cm³/mol. The Morgan fingerprint density at radius 3 is 2.06 bits per heavy atom. The molecule has 36 heavy (non-hydrogen) atoms. The molecule has 3 aliphatic rings. The van der Waals surface area contributed by atoms with Gasteiger partial charge in [0.05, 0.1) is 17.6 Å². The summed E-state index contributed by atoms with van der Waals surface area (Å²) in [5, 5.41) is 4.79. The molecule has 4 aromatic rings. The number of fused-ring (bicyclic) bond motifs is 3. The van der Waals surface area contributed by atoms with Gasteiger partial charge in [0.1, 0.15) is 12.2 Å². The molecule has 1 saturated carbocycles. The van der Waals surface area contributed by atoms with Crippen LogP contribution >= 0.6 is 0 Å². The van der Waals surface area contributed by atoms with Crippen molar-refractivity contribution < 1.29 is 9.47 Å². The lowest BCUT2D eigenvalue weighted by atomic mass is 9.72. The highest BCUT2D eigenvalue weighted by Crippen LogP contribution is 2.64. The van der Waals surface area contributed by atoms with Crippen molar-refractivity contribution in [3.8, 4) is 5.69 Å². The molecule has 0 amide bonds. The average Bonchev–Trinajstić information content (AvgIpc) is 3.58. The van der Waals surface area contributed by atoms with Crippen LogP contribution in [0, 0.1) is 12.3 Å². The van der Waals surface area contributed by atoms with Crippen LogP contribution in [0.1, 0.15) is 59.9 Å². The van der Waals surface area contributed by atoms with Crippen molar-refractivity contribution in [2.24, 2.45) is 5.41 Å². The first-order valence-corrected chi connectivity index (χ1v) is 12.9. The Hall–Kier alpha value is -3.47. The molecule has 0 N–H and O–H groups in total. The molecule has 1 saturated heterocycles. The maximum absolute atomic E-state index is 7.06. The Morgan fingerprint density at radius 1 is 0.833 bits per heavy atom. The quantitative estimate of drug-likeness (QED) is 0.316. The predicted octanol–water partition coefficient (Wildman–Crippen LogP) is 7.15. The molecule has 1 aliphatic heterocycles. The van der Waals surface area contributed by atoms with Crippen LogP contribution < -0.4 is 0 Å². The van der Waals surface area contributed by atoms with Gasteiger partial charge in [0.25, 0.3) is 0 Å². The largest absolute Gasteiger partial charge is 0.338 e. The van der Waals surface area contributed by atoms with Gasteiger partial charge in [-0.05, 0) is 54.7 Å². The summed E-state index contributed by atoms with van der Waals surface area (Å²) in [6, 6.07) is 29.6. The Morgan fingerprint density at radius 2 is 1.44 bits per heavy atom. The zero-order valence-corrected chi connectivity index (χ0v) is 20.7. The number of hydrogen-bond acceptors (Lipinski definition) is 3. The van der Waals surface area contributed by atoms with E-state index in [0.29, 0.717) is 0 Å². The van der Waals surface area contributed by atoms with Gasteiger partial charge in [0.2, 0.25) is 0 Å². The van der Waals surface area contributed by atoms with Crippen LogP contribution in [0.2, 0.25) is 0 Å². The van der Waals surface area contributed by atoms with Gasteiger partial charge in [0, 0.05) is 11.8 Å². The number of aromatic nitrogens is 2. The van der Waals surface area contributed by atoms with Gasteiger partial charge in [0.15, 0.2) is 5.79 Å². The molecule has 4 nitrogen and oxygen atoms in total. The van der Waals surface area contributed by atoms with E-state index >= 15 is 0 Å². The van der Waals surface area contributed by atoms with E-state index in [4.69, 9.17) is 14.6 Å². The first kappa shape index (κ1) is 21.8. The molecule has 0 bridgehead atoms. The molecule has 1 spiro atoms. The highest BCUT2D eigenvalue weighted by molar-refractivity contribution is 5.62. The van der Waals surface area contributed by atoms with E-state index in [9.17, 15) is 0 Å². The molecule has 0 unspecified atom stereocenters. The standard InChI is InChI=1S/C32H30N2O2/c1-22-13-15-27(16-14-22)34-28-19-26-17-18-32(31(26,2)20-25(28)21-33-34)35-29(23-9-5-3-6-10-23)30(36-32)24-11-7-4-8-12-24/h3-16,19,21,29-30H,17-18,20H2,1-2H3/t29-,30-,31+/m1/s1. The number of rotatable bonds is 3. The Kier molecular flexibility index (Phi) is 4.85. The van der Waals surface area contributed by atoms with Crippen LogP contribution in [0.5, 0.6) is 0 Å². The van der Waals surface area contributed by atoms with Gasteiger partial charge in [-0.25, -0.2) is 4.68 Å². The summed E-state index contributed by atoms with van der Waals surface area (Å²) in [6.07, 6.45) is 6.73. The molecule has 180 valence electrons. The number of nitrogens with zero attached hydrogens (tertiary/aromatic N) is 2. The van der Waals surface area contributed by atoms with Crippen LogP contribution in [-0.4, -0.2) is 15.6 Å². The second kappa shape index (κ2) is 8.02. The first-order chi connectivity index (χ1) is 17.6. The molecular weight excluding hydrogens is 444 g/mol. The third kappa shape index (κ3) is 3.18. The van der Waals surface area contributed by atoms with E-state index < -0.39 is 5.79 Å². The number of aryl methyl sites for hydroxylation is 1. The zero-order valence-electron chi connectivity index (χ0n) is 20.7. The molecule has 3 atom stereocenters. The fourth-order valence-electron chi connectivity index (χ4n) is 6.41. The van der Waals surface area contributed by atoms with Crippen molar-refractivity contribution in [1.82, 2.24) is 9.78 Å². The van der Waals surface area contributed by atoms with Gasteiger partial charge in [-0.15, -0.1) is 0 Å². The molecular formula is C32H30N2O2. The minimum Gasteiger partial charge on any atom is -0.338 e. The minimum absolute atomic E-state index is 0.151. The van der Waals surface area contributed by atoms with E-state index in [0.717, 1.165) is 36.1 Å².